The number of carbonyl (C=O) groups is 1. The molecule has 1 heterocycles. The van der Waals surface area contributed by atoms with E-state index >= 15 is 0 Å². The maximum Gasteiger partial charge on any atom is 0.264 e. The van der Waals surface area contributed by atoms with Crippen LogP contribution in [0.1, 0.15) is 15.9 Å². The lowest BCUT2D eigenvalue weighted by atomic mass is 10.2. The number of aromatic amines is 1. The molecule has 2 N–H and O–H groups in total. The van der Waals surface area contributed by atoms with Crippen LogP contribution in [-0.4, -0.2) is 15.9 Å². The number of hydrogen-bond acceptors (Lipinski definition) is 3. The van der Waals surface area contributed by atoms with E-state index in [1.807, 2.05) is 60.7 Å². The van der Waals surface area contributed by atoms with Gasteiger partial charge in [0.05, 0.1) is 0 Å². The molecule has 114 valence electrons. The van der Waals surface area contributed by atoms with Crippen LogP contribution < -0.4 is 10.9 Å². The zero-order chi connectivity index (χ0) is 16.1. The molecule has 0 aliphatic rings. The molecule has 0 radical (unpaired) electrons. The fourth-order valence-corrected chi connectivity index (χ4v) is 2.17. The molecular weight excluding hydrogens is 290 g/mol. The Labute approximate surface area is 133 Å². The van der Waals surface area contributed by atoms with E-state index in [9.17, 15) is 9.59 Å². The lowest BCUT2D eigenvalue weighted by Crippen LogP contribution is -2.29. The van der Waals surface area contributed by atoms with Crippen LogP contribution in [0.3, 0.4) is 0 Å². The molecule has 0 atom stereocenters. The molecular formula is C18H15N3O2. The third-order valence-corrected chi connectivity index (χ3v) is 3.39. The topological polar surface area (TPSA) is 74.8 Å². The minimum atomic E-state index is -0.454. The second-order valence-electron chi connectivity index (χ2n) is 5.01. The van der Waals surface area contributed by atoms with Gasteiger partial charge in [0, 0.05) is 18.3 Å². The van der Waals surface area contributed by atoms with Gasteiger partial charge < -0.3 is 10.3 Å². The van der Waals surface area contributed by atoms with Crippen molar-refractivity contribution in [2.75, 3.05) is 0 Å². The molecule has 0 fully saturated rings. The number of rotatable bonds is 4. The summed E-state index contributed by atoms with van der Waals surface area (Å²) in [4.78, 5) is 31.0. The Bertz CT molecular complexity index is 858. The molecule has 5 heteroatoms. The van der Waals surface area contributed by atoms with Gasteiger partial charge in [0.25, 0.3) is 11.5 Å². The van der Waals surface area contributed by atoms with Crippen molar-refractivity contribution in [3.8, 4) is 11.4 Å². The van der Waals surface area contributed by atoms with Crippen molar-refractivity contribution in [2.45, 2.75) is 6.54 Å². The summed E-state index contributed by atoms with van der Waals surface area (Å²) in [5, 5.41) is 2.72. The summed E-state index contributed by atoms with van der Waals surface area (Å²) < 4.78 is 0. The molecule has 0 unspecified atom stereocenters. The Balaban J connectivity index is 1.75. The van der Waals surface area contributed by atoms with Gasteiger partial charge in [-0.15, -0.1) is 0 Å². The molecule has 0 aliphatic heterocycles. The second kappa shape index (κ2) is 6.70. The smallest absolute Gasteiger partial charge is 0.264 e. The van der Waals surface area contributed by atoms with Gasteiger partial charge in [-0.25, -0.2) is 4.98 Å². The van der Waals surface area contributed by atoms with Crippen LogP contribution in [0.5, 0.6) is 0 Å². The average Bonchev–Trinajstić information content (AvgIpc) is 2.61. The van der Waals surface area contributed by atoms with Gasteiger partial charge >= 0.3 is 0 Å². The molecule has 0 saturated carbocycles. The predicted octanol–water partition coefficient (Wildman–Crippen LogP) is 2.37. The van der Waals surface area contributed by atoms with Crippen LogP contribution >= 0.6 is 0 Å². The minimum absolute atomic E-state index is 0.000567. The Morgan fingerprint density at radius 2 is 1.65 bits per heavy atom. The van der Waals surface area contributed by atoms with Gasteiger partial charge in [-0.2, -0.15) is 0 Å². The van der Waals surface area contributed by atoms with Crippen molar-refractivity contribution >= 4 is 5.91 Å². The maximum atomic E-state index is 12.1. The standard InChI is InChI=1S/C18H15N3O2/c22-17(20-11-13-7-3-1-4-8-13)15-12-19-16(21-18(15)23)14-9-5-2-6-10-14/h1-10,12H,11H2,(H,20,22)(H,19,21,23). The highest BCUT2D eigenvalue weighted by molar-refractivity contribution is 5.93. The van der Waals surface area contributed by atoms with Crippen LogP contribution in [0.4, 0.5) is 0 Å². The van der Waals surface area contributed by atoms with Gasteiger partial charge in [0.2, 0.25) is 0 Å². The number of H-pyrrole nitrogens is 1. The molecule has 3 aromatic rings. The highest BCUT2D eigenvalue weighted by Crippen LogP contribution is 2.11. The first-order chi connectivity index (χ1) is 11.2. The number of hydrogen-bond donors (Lipinski definition) is 2. The first kappa shape index (κ1) is 14.7. The molecule has 0 saturated heterocycles. The quantitative estimate of drug-likeness (QED) is 0.777. The summed E-state index contributed by atoms with van der Waals surface area (Å²) in [7, 11) is 0. The lowest BCUT2D eigenvalue weighted by molar-refractivity contribution is 0.0949. The summed E-state index contributed by atoms with van der Waals surface area (Å²) in [5.41, 5.74) is 1.30. The molecule has 0 aliphatic carbocycles. The zero-order valence-electron chi connectivity index (χ0n) is 12.3. The Morgan fingerprint density at radius 1 is 1.00 bits per heavy atom. The number of nitrogens with zero attached hydrogens (tertiary/aromatic N) is 1. The van der Waals surface area contributed by atoms with Gasteiger partial charge in [-0.05, 0) is 5.56 Å². The van der Waals surface area contributed by atoms with Crippen LogP contribution in [0, 0.1) is 0 Å². The Morgan fingerprint density at radius 3 is 2.30 bits per heavy atom. The monoisotopic (exact) mass is 305 g/mol. The minimum Gasteiger partial charge on any atom is -0.348 e. The van der Waals surface area contributed by atoms with Crippen molar-refractivity contribution in [1.29, 1.82) is 0 Å². The van der Waals surface area contributed by atoms with Crippen LogP contribution in [0.25, 0.3) is 11.4 Å². The number of benzene rings is 2. The van der Waals surface area contributed by atoms with Gasteiger partial charge in [0.15, 0.2) is 0 Å². The van der Waals surface area contributed by atoms with E-state index in [1.165, 1.54) is 6.20 Å². The van der Waals surface area contributed by atoms with E-state index in [0.717, 1.165) is 11.1 Å². The molecule has 1 amide bonds. The summed E-state index contributed by atoms with van der Waals surface area (Å²) >= 11 is 0. The first-order valence-corrected chi connectivity index (χ1v) is 7.21. The lowest BCUT2D eigenvalue weighted by Gasteiger charge is -2.05. The maximum absolute atomic E-state index is 12.1. The van der Waals surface area contributed by atoms with Crippen molar-refractivity contribution in [3.63, 3.8) is 0 Å². The summed E-state index contributed by atoms with van der Waals surface area (Å²) in [6, 6.07) is 18.8. The molecule has 5 nitrogen and oxygen atoms in total. The Kier molecular flexibility index (Phi) is 4.29. The van der Waals surface area contributed by atoms with Crippen molar-refractivity contribution < 1.29 is 4.79 Å². The van der Waals surface area contributed by atoms with E-state index in [0.29, 0.717) is 12.4 Å². The van der Waals surface area contributed by atoms with Crippen LogP contribution in [0.2, 0.25) is 0 Å². The number of carbonyl (C=O) groups excluding carboxylic acids is 1. The van der Waals surface area contributed by atoms with Crippen molar-refractivity contribution in [1.82, 2.24) is 15.3 Å². The summed E-state index contributed by atoms with van der Waals surface area (Å²) in [5.74, 6) is -0.00239. The first-order valence-electron chi connectivity index (χ1n) is 7.21. The van der Waals surface area contributed by atoms with Crippen LogP contribution in [-0.2, 0) is 6.54 Å². The molecule has 23 heavy (non-hydrogen) atoms. The second-order valence-corrected chi connectivity index (χ2v) is 5.01. The van der Waals surface area contributed by atoms with Gasteiger partial charge in [-0.3, -0.25) is 9.59 Å². The van der Waals surface area contributed by atoms with Crippen molar-refractivity contribution in [2.24, 2.45) is 0 Å². The fourth-order valence-electron chi connectivity index (χ4n) is 2.17. The molecule has 2 aromatic carbocycles. The molecule has 1 aromatic heterocycles. The predicted molar refractivity (Wildman–Crippen MR) is 87.9 cm³/mol. The number of aromatic nitrogens is 2. The zero-order valence-corrected chi connectivity index (χ0v) is 12.3. The Hall–Kier alpha value is -3.21. The largest absolute Gasteiger partial charge is 0.348 e. The van der Waals surface area contributed by atoms with Gasteiger partial charge in [0.1, 0.15) is 11.4 Å². The van der Waals surface area contributed by atoms with E-state index in [-0.39, 0.29) is 5.56 Å². The van der Waals surface area contributed by atoms with E-state index < -0.39 is 11.5 Å². The third-order valence-electron chi connectivity index (χ3n) is 3.39. The highest BCUT2D eigenvalue weighted by atomic mass is 16.2. The third kappa shape index (κ3) is 3.52. The van der Waals surface area contributed by atoms with Crippen LogP contribution in [0.15, 0.2) is 71.7 Å². The van der Waals surface area contributed by atoms with Gasteiger partial charge in [-0.1, -0.05) is 60.7 Å². The molecule has 3 rings (SSSR count). The fraction of sp³-hybridized carbons (Fsp3) is 0.0556. The average molecular weight is 305 g/mol. The molecule has 0 spiro atoms. The van der Waals surface area contributed by atoms with E-state index in [4.69, 9.17) is 0 Å². The number of nitrogens with one attached hydrogen (secondary N) is 2. The van der Waals surface area contributed by atoms with E-state index in [2.05, 4.69) is 15.3 Å². The SMILES string of the molecule is O=C(NCc1ccccc1)c1cnc(-c2ccccc2)[nH]c1=O. The summed E-state index contributed by atoms with van der Waals surface area (Å²) in [6.07, 6.45) is 1.31. The van der Waals surface area contributed by atoms with Crippen molar-refractivity contribution in [3.05, 3.63) is 88.3 Å². The van der Waals surface area contributed by atoms with E-state index in [1.54, 1.807) is 0 Å². The summed E-state index contributed by atoms with van der Waals surface area (Å²) in [6.45, 7) is 0.361. The molecule has 0 bridgehead atoms. The number of amides is 1. The highest BCUT2D eigenvalue weighted by Gasteiger charge is 2.12. The normalized spacial score (nSPS) is 10.3.